The molecule has 100 valence electrons. The van der Waals surface area contributed by atoms with E-state index in [0.29, 0.717) is 13.1 Å². The first kappa shape index (κ1) is 13.1. The molecule has 0 saturated carbocycles. The predicted octanol–water partition coefficient (Wildman–Crippen LogP) is 1.86. The fourth-order valence-corrected chi connectivity index (χ4v) is 1.66. The Morgan fingerprint density at radius 3 is 3.05 bits per heavy atom. The summed E-state index contributed by atoms with van der Waals surface area (Å²) in [4.78, 5) is 15.4. The number of benzene rings is 1. The quantitative estimate of drug-likeness (QED) is 0.860. The van der Waals surface area contributed by atoms with Crippen LogP contribution in [0, 0.1) is 0 Å². The van der Waals surface area contributed by atoms with Crippen molar-refractivity contribution in [3.05, 3.63) is 42.5 Å². The molecule has 0 aliphatic rings. The van der Waals surface area contributed by atoms with E-state index in [4.69, 9.17) is 0 Å². The van der Waals surface area contributed by atoms with E-state index in [1.807, 2.05) is 31.2 Å². The molecule has 2 rings (SSSR count). The van der Waals surface area contributed by atoms with Crippen molar-refractivity contribution >= 4 is 11.7 Å². The molecular weight excluding hydrogens is 242 g/mol. The molecule has 0 aliphatic heterocycles. The molecule has 19 heavy (non-hydrogen) atoms. The lowest BCUT2D eigenvalue weighted by Gasteiger charge is -2.08. The number of hydrogen-bond donors (Lipinski definition) is 2. The molecule has 0 radical (unpaired) electrons. The van der Waals surface area contributed by atoms with Gasteiger partial charge in [0.05, 0.1) is 6.54 Å². The first-order valence-corrected chi connectivity index (χ1v) is 6.24. The molecule has 0 unspecified atom stereocenters. The van der Waals surface area contributed by atoms with Gasteiger partial charge in [-0.25, -0.2) is 14.5 Å². The van der Waals surface area contributed by atoms with E-state index < -0.39 is 0 Å². The second-order valence-electron chi connectivity index (χ2n) is 4.17. The zero-order chi connectivity index (χ0) is 13.5. The second kappa shape index (κ2) is 6.53. The first-order chi connectivity index (χ1) is 9.28. The number of urea groups is 1. The number of hydrogen-bond acceptors (Lipinski definition) is 3. The van der Waals surface area contributed by atoms with Gasteiger partial charge in [0, 0.05) is 12.2 Å². The summed E-state index contributed by atoms with van der Waals surface area (Å²) < 4.78 is 1.73. The molecule has 0 bridgehead atoms. The number of amides is 2. The molecule has 0 fully saturated rings. The molecule has 2 N–H and O–H groups in total. The van der Waals surface area contributed by atoms with Crippen molar-refractivity contribution in [1.82, 2.24) is 20.1 Å². The molecule has 6 heteroatoms. The molecule has 0 aliphatic carbocycles. The van der Waals surface area contributed by atoms with Gasteiger partial charge in [-0.05, 0) is 24.1 Å². The normalized spacial score (nSPS) is 10.2. The Labute approximate surface area is 111 Å². The van der Waals surface area contributed by atoms with Crippen molar-refractivity contribution in [3.8, 4) is 0 Å². The minimum atomic E-state index is -0.181. The number of anilines is 1. The fraction of sp³-hybridized carbons (Fsp3) is 0.308. The Balaban J connectivity index is 1.97. The zero-order valence-corrected chi connectivity index (χ0v) is 10.8. The largest absolute Gasteiger partial charge is 0.338 e. The van der Waals surface area contributed by atoms with Crippen molar-refractivity contribution in [2.45, 2.75) is 19.9 Å². The highest BCUT2D eigenvalue weighted by Crippen LogP contribution is 2.11. The van der Waals surface area contributed by atoms with Crippen LogP contribution < -0.4 is 10.6 Å². The summed E-state index contributed by atoms with van der Waals surface area (Å²) in [6, 6.07) is 7.49. The molecule has 1 heterocycles. The van der Waals surface area contributed by atoms with Gasteiger partial charge in [-0.3, -0.25) is 0 Å². The standard InChI is InChI=1S/C13H17N5O/c1-2-6-15-13(19)17-12-5-3-4-11(7-12)8-18-10-14-9-16-18/h3-5,7,9-10H,2,6,8H2,1H3,(H2,15,17,19). The maximum Gasteiger partial charge on any atom is 0.319 e. The molecule has 1 aromatic carbocycles. The monoisotopic (exact) mass is 259 g/mol. The minimum absolute atomic E-state index is 0.181. The van der Waals surface area contributed by atoms with E-state index >= 15 is 0 Å². The molecular formula is C13H17N5O. The molecule has 2 aromatic rings. The SMILES string of the molecule is CCCNC(=O)Nc1cccc(Cn2cncn2)c1. The fourth-order valence-electron chi connectivity index (χ4n) is 1.66. The number of nitrogens with one attached hydrogen (secondary N) is 2. The highest BCUT2D eigenvalue weighted by molar-refractivity contribution is 5.89. The van der Waals surface area contributed by atoms with Crippen LogP contribution in [-0.2, 0) is 6.54 Å². The maximum absolute atomic E-state index is 11.5. The van der Waals surface area contributed by atoms with Crippen LogP contribution in [-0.4, -0.2) is 27.3 Å². The van der Waals surface area contributed by atoms with Crippen LogP contribution in [0.1, 0.15) is 18.9 Å². The summed E-state index contributed by atoms with van der Waals surface area (Å²) in [7, 11) is 0. The lowest BCUT2D eigenvalue weighted by atomic mass is 10.2. The van der Waals surface area contributed by atoms with E-state index in [2.05, 4.69) is 20.7 Å². The Hall–Kier alpha value is -2.37. The number of carbonyl (C=O) groups excluding carboxylic acids is 1. The highest BCUT2D eigenvalue weighted by atomic mass is 16.2. The van der Waals surface area contributed by atoms with E-state index in [1.165, 1.54) is 6.33 Å². The van der Waals surface area contributed by atoms with Gasteiger partial charge in [0.1, 0.15) is 12.7 Å². The Kier molecular flexibility index (Phi) is 4.49. The molecule has 0 atom stereocenters. The zero-order valence-electron chi connectivity index (χ0n) is 10.8. The van der Waals surface area contributed by atoms with Gasteiger partial charge in [0.15, 0.2) is 0 Å². The van der Waals surface area contributed by atoms with Gasteiger partial charge in [-0.1, -0.05) is 19.1 Å². The first-order valence-electron chi connectivity index (χ1n) is 6.24. The lowest BCUT2D eigenvalue weighted by Crippen LogP contribution is -2.29. The van der Waals surface area contributed by atoms with Gasteiger partial charge in [-0.2, -0.15) is 5.10 Å². The summed E-state index contributed by atoms with van der Waals surface area (Å²) in [6.07, 6.45) is 4.08. The van der Waals surface area contributed by atoms with Crippen LogP contribution in [0.4, 0.5) is 10.5 Å². The maximum atomic E-state index is 11.5. The molecule has 6 nitrogen and oxygen atoms in total. The summed E-state index contributed by atoms with van der Waals surface area (Å²) in [5.74, 6) is 0. The van der Waals surface area contributed by atoms with Crippen LogP contribution >= 0.6 is 0 Å². The average molecular weight is 259 g/mol. The lowest BCUT2D eigenvalue weighted by molar-refractivity contribution is 0.252. The van der Waals surface area contributed by atoms with Crippen molar-refractivity contribution in [2.24, 2.45) is 0 Å². The number of carbonyl (C=O) groups is 1. The summed E-state index contributed by atoms with van der Waals surface area (Å²) in [5.41, 5.74) is 1.82. The average Bonchev–Trinajstić information content (AvgIpc) is 2.89. The topological polar surface area (TPSA) is 71.8 Å². The molecule has 0 saturated heterocycles. The smallest absolute Gasteiger partial charge is 0.319 e. The predicted molar refractivity (Wildman–Crippen MR) is 72.9 cm³/mol. The third kappa shape index (κ3) is 4.09. The van der Waals surface area contributed by atoms with Crippen LogP contribution in [0.15, 0.2) is 36.9 Å². The third-order valence-corrected chi connectivity index (χ3v) is 2.53. The van der Waals surface area contributed by atoms with Gasteiger partial charge in [0.25, 0.3) is 0 Å². The third-order valence-electron chi connectivity index (χ3n) is 2.53. The van der Waals surface area contributed by atoms with Crippen molar-refractivity contribution < 1.29 is 4.79 Å². The van der Waals surface area contributed by atoms with Crippen molar-refractivity contribution in [3.63, 3.8) is 0 Å². The Morgan fingerprint density at radius 1 is 1.42 bits per heavy atom. The Morgan fingerprint density at radius 2 is 2.32 bits per heavy atom. The van der Waals surface area contributed by atoms with Gasteiger partial charge in [-0.15, -0.1) is 0 Å². The summed E-state index contributed by atoms with van der Waals surface area (Å²) in [5, 5.41) is 9.62. The number of aromatic nitrogens is 3. The molecule has 2 amide bonds. The van der Waals surface area contributed by atoms with E-state index in [9.17, 15) is 4.79 Å². The summed E-state index contributed by atoms with van der Waals surface area (Å²) in [6.45, 7) is 3.32. The summed E-state index contributed by atoms with van der Waals surface area (Å²) >= 11 is 0. The molecule has 0 spiro atoms. The molecule has 1 aromatic heterocycles. The van der Waals surface area contributed by atoms with E-state index in [1.54, 1.807) is 11.0 Å². The Bertz CT molecular complexity index is 524. The van der Waals surface area contributed by atoms with Gasteiger partial charge < -0.3 is 10.6 Å². The highest BCUT2D eigenvalue weighted by Gasteiger charge is 2.02. The number of nitrogens with zero attached hydrogens (tertiary/aromatic N) is 3. The van der Waals surface area contributed by atoms with E-state index in [0.717, 1.165) is 17.7 Å². The van der Waals surface area contributed by atoms with Crippen LogP contribution in [0.25, 0.3) is 0 Å². The van der Waals surface area contributed by atoms with Crippen LogP contribution in [0.3, 0.4) is 0 Å². The van der Waals surface area contributed by atoms with Gasteiger partial charge >= 0.3 is 6.03 Å². The van der Waals surface area contributed by atoms with Crippen LogP contribution in [0.2, 0.25) is 0 Å². The minimum Gasteiger partial charge on any atom is -0.338 e. The van der Waals surface area contributed by atoms with Crippen molar-refractivity contribution in [1.29, 1.82) is 0 Å². The van der Waals surface area contributed by atoms with Crippen molar-refractivity contribution in [2.75, 3.05) is 11.9 Å². The number of rotatable bonds is 5. The van der Waals surface area contributed by atoms with Crippen LogP contribution in [0.5, 0.6) is 0 Å². The second-order valence-corrected chi connectivity index (χ2v) is 4.17. The van der Waals surface area contributed by atoms with E-state index in [-0.39, 0.29) is 6.03 Å². The van der Waals surface area contributed by atoms with Gasteiger partial charge in [0.2, 0.25) is 0 Å².